The predicted octanol–water partition coefficient (Wildman–Crippen LogP) is 3.31. The van der Waals surface area contributed by atoms with Gasteiger partial charge in [-0.05, 0) is 25.0 Å². The first-order valence-corrected chi connectivity index (χ1v) is 9.02. The van der Waals surface area contributed by atoms with Gasteiger partial charge in [-0.1, -0.05) is 42.1 Å². The number of rotatable bonds is 3. The summed E-state index contributed by atoms with van der Waals surface area (Å²) < 4.78 is 1.53. The van der Waals surface area contributed by atoms with Crippen LogP contribution in [0.1, 0.15) is 31.2 Å². The first-order chi connectivity index (χ1) is 12.1. The van der Waals surface area contributed by atoms with Crippen molar-refractivity contribution >= 4 is 41.0 Å². The Morgan fingerprint density at radius 2 is 1.64 bits per heavy atom. The predicted molar refractivity (Wildman–Crippen MR) is 93.5 cm³/mol. The highest BCUT2D eigenvalue weighted by molar-refractivity contribution is 6.36. The zero-order chi connectivity index (χ0) is 17.6. The molecule has 4 rings (SSSR count). The average molecular weight is 379 g/mol. The molecule has 0 radical (unpaired) electrons. The zero-order valence-electron chi connectivity index (χ0n) is 13.4. The van der Waals surface area contributed by atoms with Gasteiger partial charge in [0.1, 0.15) is 6.33 Å². The molecule has 0 spiro atoms. The molecule has 1 saturated heterocycles. The maximum Gasteiger partial charge on any atom is 0.258 e. The first-order valence-electron chi connectivity index (χ1n) is 8.26. The average Bonchev–Trinajstić information content (AvgIpc) is 3.15. The number of hydrogen-bond donors (Lipinski definition) is 0. The Balaban J connectivity index is 1.59. The summed E-state index contributed by atoms with van der Waals surface area (Å²) >= 11 is 12.4. The molecule has 2 fully saturated rings. The van der Waals surface area contributed by atoms with Gasteiger partial charge in [0.05, 0.1) is 18.4 Å². The van der Waals surface area contributed by atoms with E-state index in [-0.39, 0.29) is 29.6 Å². The summed E-state index contributed by atoms with van der Waals surface area (Å²) in [7, 11) is 0. The molecule has 0 N–H and O–H groups in total. The molecule has 8 heteroatoms. The Bertz CT molecular complexity index is 807. The van der Waals surface area contributed by atoms with E-state index < -0.39 is 0 Å². The fraction of sp³-hybridized carbons (Fsp3) is 0.412. The minimum atomic E-state index is -0.216. The van der Waals surface area contributed by atoms with Crippen LogP contribution in [0.4, 0.5) is 5.95 Å². The first kappa shape index (κ1) is 16.5. The molecule has 1 aromatic carbocycles. The third-order valence-corrected chi connectivity index (χ3v) is 5.66. The maximum absolute atomic E-state index is 12.6. The van der Waals surface area contributed by atoms with E-state index in [1.807, 2.05) is 0 Å². The molecule has 1 aliphatic carbocycles. The Labute approximate surface area is 154 Å². The zero-order valence-corrected chi connectivity index (χ0v) is 14.9. The van der Waals surface area contributed by atoms with Crippen LogP contribution in [-0.2, 0) is 16.1 Å². The molecule has 0 bridgehead atoms. The number of carbonyl (C=O) groups is 2. The molecule has 2 amide bonds. The normalized spacial score (nSPS) is 23.2. The standard InChI is InChI=1S/C17H16Cl2N4O2/c18-13-6-3-7-14(19)12(13)8-22-9-20-17(21-22)23-15(24)10-4-1-2-5-11(10)16(23)25/h3,6-7,9-11H,1-2,4-5,8H2. The van der Waals surface area contributed by atoms with E-state index in [4.69, 9.17) is 23.2 Å². The van der Waals surface area contributed by atoms with Crippen molar-refractivity contribution < 1.29 is 9.59 Å². The van der Waals surface area contributed by atoms with Crippen molar-refractivity contribution in [3.05, 3.63) is 40.1 Å². The lowest BCUT2D eigenvalue weighted by Crippen LogP contribution is -2.32. The summed E-state index contributed by atoms with van der Waals surface area (Å²) in [5.74, 6) is -0.656. The van der Waals surface area contributed by atoms with Crippen molar-refractivity contribution in [2.24, 2.45) is 11.8 Å². The van der Waals surface area contributed by atoms with Gasteiger partial charge >= 0.3 is 0 Å². The van der Waals surface area contributed by atoms with E-state index in [1.54, 1.807) is 18.2 Å². The Kier molecular flexibility index (Phi) is 4.25. The maximum atomic E-state index is 12.6. The second-order valence-corrected chi connectivity index (χ2v) is 7.27. The van der Waals surface area contributed by atoms with Crippen molar-refractivity contribution in [1.82, 2.24) is 14.8 Å². The molecule has 2 atom stereocenters. The van der Waals surface area contributed by atoms with Gasteiger partial charge in [-0.2, -0.15) is 4.98 Å². The molecular weight excluding hydrogens is 363 g/mol. The van der Waals surface area contributed by atoms with Crippen LogP contribution in [0.5, 0.6) is 0 Å². The molecule has 2 heterocycles. The quantitative estimate of drug-likeness (QED) is 0.768. The summed E-state index contributed by atoms with van der Waals surface area (Å²) in [5, 5.41) is 5.36. The van der Waals surface area contributed by atoms with E-state index >= 15 is 0 Å². The van der Waals surface area contributed by atoms with Gasteiger partial charge in [-0.3, -0.25) is 9.59 Å². The van der Waals surface area contributed by atoms with Crippen molar-refractivity contribution in [2.75, 3.05) is 4.90 Å². The topological polar surface area (TPSA) is 68.1 Å². The van der Waals surface area contributed by atoms with E-state index in [9.17, 15) is 9.59 Å². The molecule has 2 unspecified atom stereocenters. The highest BCUT2D eigenvalue weighted by Gasteiger charge is 2.50. The molecule has 1 saturated carbocycles. The van der Waals surface area contributed by atoms with Crippen LogP contribution in [0.15, 0.2) is 24.5 Å². The van der Waals surface area contributed by atoms with Crippen LogP contribution in [0.3, 0.4) is 0 Å². The lowest BCUT2D eigenvalue weighted by molar-refractivity contribution is -0.122. The number of anilines is 1. The fourth-order valence-electron chi connectivity index (χ4n) is 3.67. The van der Waals surface area contributed by atoms with Gasteiger partial charge in [0, 0.05) is 15.6 Å². The second-order valence-electron chi connectivity index (χ2n) is 6.45. The second kappa shape index (κ2) is 6.42. The monoisotopic (exact) mass is 378 g/mol. The number of imide groups is 1. The molecule has 25 heavy (non-hydrogen) atoms. The Morgan fingerprint density at radius 3 is 2.24 bits per heavy atom. The lowest BCUT2D eigenvalue weighted by atomic mass is 9.81. The van der Waals surface area contributed by atoms with Gasteiger partial charge < -0.3 is 0 Å². The third kappa shape index (κ3) is 2.83. The summed E-state index contributed by atoms with van der Waals surface area (Å²) in [4.78, 5) is 30.5. The van der Waals surface area contributed by atoms with Gasteiger partial charge in [0.25, 0.3) is 5.95 Å². The molecular formula is C17H16Cl2N4O2. The van der Waals surface area contributed by atoms with Gasteiger partial charge in [-0.25, -0.2) is 9.58 Å². The number of nitrogens with zero attached hydrogens (tertiary/aromatic N) is 4. The van der Waals surface area contributed by atoms with Gasteiger partial charge in [-0.15, -0.1) is 5.10 Å². The van der Waals surface area contributed by atoms with E-state index in [2.05, 4.69) is 10.1 Å². The van der Waals surface area contributed by atoms with Gasteiger partial charge in [0.2, 0.25) is 11.8 Å². The highest BCUT2D eigenvalue weighted by Crippen LogP contribution is 2.39. The van der Waals surface area contributed by atoms with Crippen LogP contribution >= 0.6 is 23.2 Å². The minimum Gasteiger partial charge on any atom is -0.274 e. The highest BCUT2D eigenvalue weighted by atomic mass is 35.5. The van der Waals surface area contributed by atoms with Crippen LogP contribution in [0.25, 0.3) is 0 Å². The van der Waals surface area contributed by atoms with Crippen LogP contribution in [0, 0.1) is 11.8 Å². The van der Waals surface area contributed by atoms with Crippen LogP contribution in [-0.4, -0.2) is 26.6 Å². The number of fused-ring (bicyclic) bond motifs is 1. The molecule has 2 aliphatic rings. The largest absolute Gasteiger partial charge is 0.274 e. The lowest BCUT2D eigenvalue weighted by Gasteiger charge is -2.19. The van der Waals surface area contributed by atoms with Crippen molar-refractivity contribution in [1.29, 1.82) is 0 Å². The molecule has 130 valence electrons. The third-order valence-electron chi connectivity index (χ3n) is 4.95. The van der Waals surface area contributed by atoms with Gasteiger partial charge in [0.15, 0.2) is 0 Å². The van der Waals surface area contributed by atoms with E-state index in [0.717, 1.165) is 36.1 Å². The van der Waals surface area contributed by atoms with Crippen molar-refractivity contribution in [3.63, 3.8) is 0 Å². The minimum absolute atomic E-state index is 0.132. The van der Waals surface area contributed by atoms with Crippen molar-refractivity contribution in [2.45, 2.75) is 32.2 Å². The molecule has 1 aliphatic heterocycles. The summed E-state index contributed by atoms with van der Waals surface area (Å²) in [6, 6.07) is 5.27. The SMILES string of the molecule is O=C1C2CCCCC2C(=O)N1c1ncn(Cc2c(Cl)cccc2Cl)n1. The summed E-state index contributed by atoms with van der Waals surface area (Å²) in [5.41, 5.74) is 0.718. The summed E-state index contributed by atoms with van der Waals surface area (Å²) in [6.45, 7) is 0.314. The number of carbonyl (C=O) groups excluding carboxylic acids is 2. The van der Waals surface area contributed by atoms with Crippen LogP contribution < -0.4 is 4.90 Å². The van der Waals surface area contributed by atoms with E-state index in [0.29, 0.717) is 16.6 Å². The van der Waals surface area contributed by atoms with Crippen molar-refractivity contribution in [3.8, 4) is 0 Å². The molecule has 6 nitrogen and oxygen atoms in total. The Morgan fingerprint density at radius 1 is 1.04 bits per heavy atom. The number of hydrogen-bond acceptors (Lipinski definition) is 4. The number of halogens is 2. The van der Waals surface area contributed by atoms with Crippen LogP contribution in [0.2, 0.25) is 10.0 Å². The van der Waals surface area contributed by atoms with E-state index in [1.165, 1.54) is 11.0 Å². The summed E-state index contributed by atoms with van der Waals surface area (Å²) in [6.07, 6.45) is 4.99. The molecule has 1 aromatic heterocycles. The number of benzene rings is 1. The Hall–Kier alpha value is -1.92. The fourth-order valence-corrected chi connectivity index (χ4v) is 4.19. The number of amides is 2. The smallest absolute Gasteiger partial charge is 0.258 e. The molecule has 2 aromatic rings. The number of aromatic nitrogens is 3.